The molecule has 9 N–H and O–H groups in total. The van der Waals surface area contributed by atoms with Gasteiger partial charge in [0, 0.05) is 19.1 Å². The van der Waals surface area contributed by atoms with E-state index < -0.39 is 41.3 Å². The van der Waals surface area contributed by atoms with Crippen LogP contribution in [-0.2, 0) is 4.79 Å². The lowest BCUT2D eigenvalue weighted by Crippen LogP contribution is -2.20. The zero-order valence-electron chi connectivity index (χ0n) is 15.2. The Hall–Kier alpha value is -4.03. The number of hydrogen-bond acceptors (Lipinski definition) is 9. The van der Waals surface area contributed by atoms with Crippen molar-refractivity contribution in [3.05, 3.63) is 47.5 Å². The Morgan fingerprint density at radius 1 is 0.800 bits per heavy atom. The van der Waals surface area contributed by atoms with Gasteiger partial charge < -0.3 is 46.0 Å². The van der Waals surface area contributed by atoms with Gasteiger partial charge in [0.1, 0.15) is 22.6 Å². The summed E-state index contributed by atoms with van der Waals surface area (Å²) in [5.74, 6) is -5.39. The maximum atomic E-state index is 10.3. The van der Waals surface area contributed by atoms with Gasteiger partial charge >= 0.3 is 17.9 Å². The third-order valence-corrected chi connectivity index (χ3v) is 3.14. The number of phenolic OH excluding ortho intramolecular Hbond substituents is 2. The number of phenols is 4. The Labute approximate surface area is 168 Å². The molecule has 0 aliphatic carbocycles. The third-order valence-electron chi connectivity index (χ3n) is 3.14. The third kappa shape index (κ3) is 8.77. The molecule has 1 atom stereocenters. The minimum Gasteiger partial charge on any atom is -0.508 e. The summed E-state index contributed by atoms with van der Waals surface area (Å²) in [6.45, 7) is -0.298. The van der Waals surface area contributed by atoms with Crippen LogP contribution < -0.4 is 0 Å². The number of aromatic carboxylic acids is 2. The van der Waals surface area contributed by atoms with Crippen molar-refractivity contribution in [2.24, 2.45) is 0 Å². The molecule has 0 spiro atoms. The molecule has 0 saturated carbocycles. The van der Waals surface area contributed by atoms with Crippen LogP contribution in [0.2, 0.25) is 0 Å². The minimum absolute atomic E-state index is 0.102. The van der Waals surface area contributed by atoms with Crippen LogP contribution in [-0.4, -0.2) is 76.6 Å². The lowest BCUT2D eigenvalue weighted by Gasteiger charge is -1.99. The molecule has 2 aromatic rings. The van der Waals surface area contributed by atoms with E-state index in [0.29, 0.717) is 0 Å². The van der Waals surface area contributed by atoms with Crippen molar-refractivity contribution in [1.29, 1.82) is 0 Å². The van der Waals surface area contributed by atoms with E-state index in [1.165, 1.54) is 24.3 Å². The summed E-state index contributed by atoms with van der Waals surface area (Å²) in [7, 11) is 0. The van der Waals surface area contributed by atoms with Gasteiger partial charge in [-0.25, -0.2) is 14.4 Å². The number of para-hydroxylation sites is 1. The van der Waals surface area contributed by atoms with Gasteiger partial charge in [0.05, 0.1) is 0 Å². The molecule has 30 heavy (non-hydrogen) atoms. The first-order chi connectivity index (χ1) is 13.9. The van der Waals surface area contributed by atoms with Gasteiger partial charge in [0.25, 0.3) is 0 Å². The largest absolute Gasteiger partial charge is 0.508 e. The van der Waals surface area contributed by atoms with Crippen molar-refractivity contribution in [2.75, 3.05) is 6.61 Å². The van der Waals surface area contributed by atoms with E-state index in [4.69, 9.17) is 46.0 Å². The predicted molar refractivity (Wildman–Crippen MR) is 98.8 cm³/mol. The Kier molecular flexibility index (Phi) is 10.8. The van der Waals surface area contributed by atoms with E-state index in [9.17, 15) is 14.4 Å². The number of aliphatic carboxylic acids is 1. The average molecular weight is 428 g/mol. The molecule has 0 fully saturated rings. The first-order valence-corrected chi connectivity index (χ1v) is 7.93. The van der Waals surface area contributed by atoms with Crippen LogP contribution in [0.15, 0.2) is 36.4 Å². The Bertz CT molecular complexity index is 877. The Balaban J connectivity index is 0.000000428. The average Bonchev–Trinajstić information content (AvgIpc) is 2.64. The number of carbonyl (C=O) groups is 3. The number of rotatable bonds is 5. The quantitative estimate of drug-likeness (QED) is 0.294. The highest BCUT2D eigenvalue weighted by molar-refractivity contribution is 5.91. The molecule has 0 saturated heterocycles. The lowest BCUT2D eigenvalue weighted by atomic mass is 10.2. The molecule has 0 aromatic heterocycles. The van der Waals surface area contributed by atoms with Gasteiger partial charge in [-0.3, -0.25) is 0 Å². The second kappa shape index (κ2) is 12.4. The SMILES string of the molecule is O=C(O)C(O)CCO.O=C(O)c1ccc(O)cc1O.O=C(O)c1cccc(O)c1O. The maximum absolute atomic E-state index is 10.3. The summed E-state index contributed by atoms with van der Waals surface area (Å²) in [5, 5.41) is 76.7. The van der Waals surface area contributed by atoms with Gasteiger partial charge in [-0.15, -0.1) is 0 Å². The van der Waals surface area contributed by atoms with E-state index >= 15 is 0 Å². The van der Waals surface area contributed by atoms with Crippen molar-refractivity contribution in [2.45, 2.75) is 12.5 Å². The molecule has 0 bridgehead atoms. The number of aliphatic hydroxyl groups excluding tert-OH is 2. The summed E-state index contributed by atoms with van der Waals surface area (Å²) in [6.07, 6.45) is -1.52. The first-order valence-electron chi connectivity index (χ1n) is 7.93. The fourth-order valence-corrected chi connectivity index (χ4v) is 1.65. The molecule has 164 valence electrons. The normalized spacial score (nSPS) is 10.5. The lowest BCUT2D eigenvalue weighted by molar-refractivity contribution is -0.147. The van der Waals surface area contributed by atoms with Crippen LogP contribution in [0.3, 0.4) is 0 Å². The smallest absolute Gasteiger partial charge is 0.339 e. The van der Waals surface area contributed by atoms with Gasteiger partial charge in [-0.1, -0.05) is 6.07 Å². The molecule has 12 nitrogen and oxygen atoms in total. The van der Waals surface area contributed by atoms with Crippen molar-refractivity contribution in [1.82, 2.24) is 0 Å². The predicted octanol–water partition coefficient (Wildman–Crippen LogP) is 0.406. The number of carboxylic acid groups (broad SMARTS) is 3. The van der Waals surface area contributed by atoms with Gasteiger partial charge in [-0.2, -0.15) is 0 Å². The highest BCUT2D eigenvalue weighted by Gasteiger charge is 2.11. The Morgan fingerprint density at radius 3 is 1.73 bits per heavy atom. The molecular formula is C18H20O12. The van der Waals surface area contributed by atoms with Gasteiger partial charge in [0.2, 0.25) is 0 Å². The highest BCUT2D eigenvalue weighted by Crippen LogP contribution is 2.27. The van der Waals surface area contributed by atoms with Crippen molar-refractivity contribution in [3.8, 4) is 23.0 Å². The van der Waals surface area contributed by atoms with Crippen LogP contribution in [0.4, 0.5) is 0 Å². The van der Waals surface area contributed by atoms with E-state index in [1.54, 1.807) is 0 Å². The van der Waals surface area contributed by atoms with Crippen LogP contribution in [0.25, 0.3) is 0 Å². The summed E-state index contributed by atoms with van der Waals surface area (Å²) < 4.78 is 0. The molecule has 0 heterocycles. The minimum atomic E-state index is -1.42. The standard InChI is InChI=1S/2C7H6O4.C4H8O4/c8-4-1-2-5(7(10)11)6(9)3-4;8-5-3-1-2-4(6(5)9)7(10)11;5-2-1-3(6)4(7)8/h2*1-3,8-9H,(H,10,11);3,5-6H,1-2H2,(H,7,8). The number of aromatic hydroxyl groups is 4. The van der Waals surface area contributed by atoms with Crippen LogP contribution in [0, 0.1) is 0 Å². The Morgan fingerprint density at radius 2 is 1.37 bits per heavy atom. The van der Waals surface area contributed by atoms with E-state index in [-0.39, 0.29) is 29.9 Å². The zero-order chi connectivity index (χ0) is 23.4. The summed E-state index contributed by atoms with van der Waals surface area (Å²) in [4.78, 5) is 30.3. The molecule has 12 heteroatoms. The van der Waals surface area contributed by atoms with Crippen LogP contribution >= 0.6 is 0 Å². The van der Waals surface area contributed by atoms with Crippen molar-refractivity contribution < 1.29 is 60.3 Å². The van der Waals surface area contributed by atoms with Crippen LogP contribution in [0.5, 0.6) is 23.0 Å². The van der Waals surface area contributed by atoms with Crippen molar-refractivity contribution >= 4 is 17.9 Å². The molecule has 0 aliphatic rings. The fourth-order valence-electron chi connectivity index (χ4n) is 1.65. The van der Waals surface area contributed by atoms with E-state index in [2.05, 4.69) is 0 Å². The number of aliphatic hydroxyl groups is 2. The number of hydrogen-bond donors (Lipinski definition) is 9. The maximum Gasteiger partial charge on any atom is 0.339 e. The summed E-state index contributed by atoms with van der Waals surface area (Å²) >= 11 is 0. The highest BCUT2D eigenvalue weighted by atomic mass is 16.4. The molecule has 2 aromatic carbocycles. The number of carboxylic acids is 3. The monoisotopic (exact) mass is 428 g/mol. The number of benzene rings is 2. The first kappa shape index (κ1) is 26.0. The van der Waals surface area contributed by atoms with Gasteiger partial charge in [-0.05, 0) is 24.3 Å². The van der Waals surface area contributed by atoms with Crippen LogP contribution in [0.1, 0.15) is 27.1 Å². The zero-order valence-corrected chi connectivity index (χ0v) is 15.2. The van der Waals surface area contributed by atoms with Crippen molar-refractivity contribution in [3.63, 3.8) is 0 Å². The molecule has 0 aliphatic heterocycles. The second-order valence-corrected chi connectivity index (χ2v) is 5.35. The van der Waals surface area contributed by atoms with E-state index in [0.717, 1.165) is 12.1 Å². The molecule has 0 amide bonds. The molecular weight excluding hydrogens is 408 g/mol. The van der Waals surface area contributed by atoms with Gasteiger partial charge in [0.15, 0.2) is 17.6 Å². The summed E-state index contributed by atoms with van der Waals surface area (Å²) in [5.41, 5.74) is -0.521. The molecule has 1 unspecified atom stereocenters. The second-order valence-electron chi connectivity index (χ2n) is 5.35. The topological polar surface area (TPSA) is 233 Å². The fraction of sp³-hybridized carbons (Fsp3) is 0.167. The molecule has 0 radical (unpaired) electrons. The molecule has 2 rings (SSSR count). The van der Waals surface area contributed by atoms with E-state index in [1.807, 2.05) is 0 Å². The summed E-state index contributed by atoms with van der Waals surface area (Å²) in [6, 6.07) is 7.07.